The van der Waals surface area contributed by atoms with Crippen molar-refractivity contribution in [3.63, 3.8) is 0 Å². The van der Waals surface area contributed by atoms with Crippen LogP contribution in [-0.4, -0.2) is 17.8 Å². The first-order chi connectivity index (χ1) is 8.40. The Morgan fingerprint density at radius 2 is 1.83 bits per heavy atom. The fourth-order valence-corrected chi connectivity index (χ4v) is 2.47. The molecule has 0 aromatic heterocycles. The molecule has 2 N–H and O–H groups in total. The van der Waals surface area contributed by atoms with Gasteiger partial charge in [0.2, 0.25) is 0 Å². The van der Waals surface area contributed by atoms with Crippen molar-refractivity contribution in [2.45, 2.75) is 53.2 Å². The summed E-state index contributed by atoms with van der Waals surface area (Å²) in [6.07, 6.45) is 0.644. The molecule has 2 heteroatoms. The van der Waals surface area contributed by atoms with Crippen molar-refractivity contribution in [3.05, 3.63) is 34.9 Å². The number of aliphatic hydroxyl groups is 1. The highest BCUT2D eigenvalue weighted by molar-refractivity contribution is 5.32. The van der Waals surface area contributed by atoms with Gasteiger partial charge in [0.05, 0.1) is 6.10 Å². The van der Waals surface area contributed by atoms with Crippen LogP contribution in [0.25, 0.3) is 0 Å². The van der Waals surface area contributed by atoms with Gasteiger partial charge >= 0.3 is 0 Å². The SMILES string of the molecule is Cc1ccc(C(C)NCC(C)CC(C)O)c(C)c1. The number of rotatable bonds is 6. The van der Waals surface area contributed by atoms with Crippen molar-refractivity contribution in [3.8, 4) is 0 Å². The summed E-state index contributed by atoms with van der Waals surface area (Å²) in [5.41, 5.74) is 4.02. The number of aliphatic hydroxyl groups excluding tert-OH is 1. The average Bonchev–Trinajstić information content (AvgIpc) is 2.25. The Hall–Kier alpha value is -0.860. The molecular formula is C16H27NO. The highest BCUT2D eigenvalue weighted by Crippen LogP contribution is 2.19. The Labute approximate surface area is 111 Å². The van der Waals surface area contributed by atoms with Crippen LogP contribution in [0.3, 0.4) is 0 Å². The van der Waals surface area contributed by atoms with Crippen molar-refractivity contribution in [1.82, 2.24) is 5.32 Å². The third kappa shape index (κ3) is 4.79. The predicted octanol–water partition coefficient (Wildman–Crippen LogP) is 3.36. The normalized spacial score (nSPS) is 16.3. The van der Waals surface area contributed by atoms with E-state index in [0.717, 1.165) is 13.0 Å². The standard InChI is InChI=1S/C16H27NO/c1-11-6-7-16(13(3)8-11)15(5)17-10-12(2)9-14(4)18/h6-8,12,14-15,17-18H,9-10H2,1-5H3. The summed E-state index contributed by atoms with van der Waals surface area (Å²) in [5, 5.41) is 12.9. The van der Waals surface area contributed by atoms with Gasteiger partial charge in [-0.3, -0.25) is 0 Å². The van der Waals surface area contributed by atoms with Gasteiger partial charge in [-0.25, -0.2) is 0 Å². The molecule has 2 nitrogen and oxygen atoms in total. The van der Waals surface area contributed by atoms with E-state index in [-0.39, 0.29) is 6.10 Å². The summed E-state index contributed by atoms with van der Waals surface area (Å²) in [7, 11) is 0. The smallest absolute Gasteiger partial charge is 0.0515 e. The van der Waals surface area contributed by atoms with Crippen LogP contribution >= 0.6 is 0 Å². The second-order valence-corrected chi connectivity index (χ2v) is 5.68. The van der Waals surface area contributed by atoms with E-state index >= 15 is 0 Å². The van der Waals surface area contributed by atoms with Crippen LogP contribution in [0.5, 0.6) is 0 Å². The number of nitrogens with one attached hydrogen (secondary N) is 1. The molecule has 0 fully saturated rings. The highest BCUT2D eigenvalue weighted by atomic mass is 16.3. The molecule has 0 spiro atoms. The highest BCUT2D eigenvalue weighted by Gasteiger charge is 2.11. The Kier molecular flexibility index (Phi) is 5.83. The predicted molar refractivity (Wildman–Crippen MR) is 77.8 cm³/mol. The van der Waals surface area contributed by atoms with E-state index in [1.807, 2.05) is 6.92 Å². The van der Waals surface area contributed by atoms with Crippen LogP contribution in [0.4, 0.5) is 0 Å². The second kappa shape index (κ2) is 6.91. The molecule has 1 aromatic rings. The molecule has 1 rings (SSSR count). The van der Waals surface area contributed by atoms with Gasteiger partial charge in [0.25, 0.3) is 0 Å². The van der Waals surface area contributed by atoms with E-state index in [2.05, 4.69) is 51.2 Å². The van der Waals surface area contributed by atoms with Crippen LogP contribution in [0.15, 0.2) is 18.2 Å². The number of hydrogen-bond acceptors (Lipinski definition) is 2. The minimum Gasteiger partial charge on any atom is -0.393 e. The molecule has 102 valence electrons. The minimum absolute atomic E-state index is 0.210. The molecule has 3 atom stereocenters. The Balaban J connectivity index is 2.52. The Bertz CT molecular complexity index is 373. The van der Waals surface area contributed by atoms with E-state index in [9.17, 15) is 5.11 Å². The largest absolute Gasteiger partial charge is 0.393 e. The van der Waals surface area contributed by atoms with Crippen LogP contribution in [0.1, 0.15) is 49.9 Å². The first-order valence-corrected chi connectivity index (χ1v) is 6.88. The first-order valence-electron chi connectivity index (χ1n) is 6.88. The van der Waals surface area contributed by atoms with Crippen LogP contribution < -0.4 is 5.32 Å². The third-order valence-electron chi connectivity index (χ3n) is 3.41. The zero-order chi connectivity index (χ0) is 13.7. The van der Waals surface area contributed by atoms with Gasteiger partial charge in [-0.1, -0.05) is 30.7 Å². The first kappa shape index (κ1) is 15.2. The number of benzene rings is 1. The molecule has 0 amide bonds. The number of aryl methyl sites for hydroxylation is 2. The second-order valence-electron chi connectivity index (χ2n) is 5.68. The van der Waals surface area contributed by atoms with E-state index < -0.39 is 0 Å². The summed E-state index contributed by atoms with van der Waals surface area (Å²) in [6, 6.07) is 6.97. The van der Waals surface area contributed by atoms with Crippen molar-refractivity contribution in [2.24, 2.45) is 5.92 Å². The van der Waals surface area contributed by atoms with Crippen LogP contribution in [0.2, 0.25) is 0 Å². The monoisotopic (exact) mass is 249 g/mol. The molecule has 18 heavy (non-hydrogen) atoms. The maximum absolute atomic E-state index is 9.35. The average molecular weight is 249 g/mol. The molecule has 1 aromatic carbocycles. The van der Waals surface area contributed by atoms with E-state index in [1.165, 1.54) is 16.7 Å². The Morgan fingerprint density at radius 1 is 1.17 bits per heavy atom. The van der Waals surface area contributed by atoms with Crippen LogP contribution in [0, 0.1) is 19.8 Å². The zero-order valence-electron chi connectivity index (χ0n) is 12.3. The lowest BCUT2D eigenvalue weighted by atomic mass is 9.99. The molecule has 0 radical (unpaired) electrons. The Morgan fingerprint density at radius 3 is 2.39 bits per heavy atom. The quantitative estimate of drug-likeness (QED) is 0.810. The molecule has 0 bridgehead atoms. The van der Waals surface area contributed by atoms with Gasteiger partial charge in [-0.05, 0) is 57.7 Å². The van der Waals surface area contributed by atoms with Crippen LogP contribution in [-0.2, 0) is 0 Å². The lowest BCUT2D eigenvalue weighted by Gasteiger charge is -2.20. The maximum Gasteiger partial charge on any atom is 0.0515 e. The van der Waals surface area contributed by atoms with Gasteiger partial charge in [0.15, 0.2) is 0 Å². The van der Waals surface area contributed by atoms with Crippen molar-refractivity contribution in [1.29, 1.82) is 0 Å². The van der Waals surface area contributed by atoms with Crippen molar-refractivity contribution in [2.75, 3.05) is 6.54 Å². The zero-order valence-corrected chi connectivity index (χ0v) is 12.3. The van der Waals surface area contributed by atoms with E-state index in [4.69, 9.17) is 0 Å². The fraction of sp³-hybridized carbons (Fsp3) is 0.625. The summed E-state index contributed by atoms with van der Waals surface area (Å²) in [6.45, 7) is 11.5. The maximum atomic E-state index is 9.35. The van der Waals surface area contributed by atoms with Gasteiger partial charge in [0, 0.05) is 6.04 Å². The molecule has 3 unspecified atom stereocenters. The molecular weight excluding hydrogens is 222 g/mol. The van der Waals surface area contributed by atoms with Gasteiger partial charge in [-0.15, -0.1) is 0 Å². The van der Waals surface area contributed by atoms with Crippen molar-refractivity contribution >= 4 is 0 Å². The van der Waals surface area contributed by atoms with E-state index in [1.54, 1.807) is 0 Å². The van der Waals surface area contributed by atoms with Gasteiger partial charge < -0.3 is 10.4 Å². The summed E-state index contributed by atoms with van der Waals surface area (Å²) >= 11 is 0. The molecule has 0 aliphatic heterocycles. The number of hydrogen-bond donors (Lipinski definition) is 2. The summed E-state index contributed by atoms with van der Waals surface area (Å²) < 4.78 is 0. The van der Waals surface area contributed by atoms with Gasteiger partial charge in [-0.2, -0.15) is 0 Å². The lowest BCUT2D eigenvalue weighted by molar-refractivity contribution is 0.162. The molecule has 0 saturated heterocycles. The summed E-state index contributed by atoms with van der Waals surface area (Å²) in [5.74, 6) is 0.498. The third-order valence-corrected chi connectivity index (χ3v) is 3.41. The fourth-order valence-electron chi connectivity index (χ4n) is 2.47. The lowest BCUT2D eigenvalue weighted by Crippen LogP contribution is -2.26. The molecule has 0 aliphatic carbocycles. The van der Waals surface area contributed by atoms with Crippen molar-refractivity contribution < 1.29 is 5.11 Å². The summed E-state index contributed by atoms with van der Waals surface area (Å²) in [4.78, 5) is 0. The van der Waals surface area contributed by atoms with Gasteiger partial charge in [0.1, 0.15) is 0 Å². The minimum atomic E-state index is -0.210. The topological polar surface area (TPSA) is 32.3 Å². The molecule has 0 heterocycles. The molecule has 0 saturated carbocycles. The van der Waals surface area contributed by atoms with E-state index in [0.29, 0.717) is 12.0 Å². The molecule has 0 aliphatic rings.